The maximum Gasteiger partial charge on any atom is 0.329 e. The predicted octanol–water partition coefficient (Wildman–Crippen LogP) is 3.79. The molecule has 190 valence electrons. The predicted molar refractivity (Wildman–Crippen MR) is 139 cm³/mol. The number of amidine groups is 1. The maximum absolute atomic E-state index is 13.1. The number of hydrogen-bond donors (Lipinski definition) is 4. The van der Waals surface area contributed by atoms with Crippen molar-refractivity contribution in [2.45, 2.75) is 57.0 Å². The van der Waals surface area contributed by atoms with Gasteiger partial charge in [-0.1, -0.05) is 48.5 Å². The molecule has 0 saturated heterocycles. The lowest BCUT2D eigenvalue weighted by Crippen LogP contribution is -2.59. The van der Waals surface area contributed by atoms with E-state index in [1.54, 1.807) is 18.2 Å². The highest BCUT2D eigenvalue weighted by Crippen LogP contribution is 2.53. The quantitative estimate of drug-likeness (QED) is 0.244. The van der Waals surface area contributed by atoms with Crippen LogP contribution in [0.1, 0.15) is 48.8 Å². The standard InChI is InChI=1S/C29H36N4O3/c30-27(31)22-8-4-7-19(12-22)17-25(28(34)36-10-9-18-5-2-1-3-6-18)32-29(35)33-26-23-13-20-11-21(15-23)16-24(26)14-20/h1-8,12,20-21,23-26H,9-11,13-17H2,(H3,30,31)(H2,32,33,35)/t20-,21?,23+,24?,25?,26?/m0/s1. The summed E-state index contributed by atoms with van der Waals surface area (Å²) in [6.07, 6.45) is 7.07. The van der Waals surface area contributed by atoms with Crippen LogP contribution >= 0.6 is 0 Å². The van der Waals surface area contributed by atoms with Gasteiger partial charge in [0.2, 0.25) is 0 Å². The van der Waals surface area contributed by atoms with Crippen molar-refractivity contribution in [3.05, 3.63) is 71.3 Å². The first-order valence-electron chi connectivity index (χ1n) is 13.2. The van der Waals surface area contributed by atoms with E-state index in [0.29, 0.717) is 23.8 Å². The van der Waals surface area contributed by atoms with Crippen LogP contribution in [0.4, 0.5) is 4.79 Å². The number of urea groups is 1. The van der Waals surface area contributed by atoms with Gasteiger partial charge in [-0.15, -0.1) is 0 Å². The van der Waals surface area contributed by atoms with Crippen LogP contribution in [0.2, 0.25) is 0 Å². The average molecular weight is 489 g/mol. The fourth-order valence-electron chi connectivity index (χ4n) is 6.82. The van der Waals surface area contributed by atoms with Gasteiger partial charge in [0.05, 0.1) is 6.61 Å². The van der Waals surface area contributed by atoms with Gasteiger partial charge in [0.15, 0.2) is 0 Å². The third-order valence-corrected chi connectivity index (χ3v) is 8.27. The fraction of sp³-hybridized carbons (Fsp3) is 0.483. The number of esters is 1. The molecule has 4 aliphatic rings. The Balaban J connectivity index is 1.23. The largest absolute Gasteiger partial charge is 0.464 e. The van der Waals surface area contributed by atoms with E-state index in [2.05, 4.69) is 10.6 Å². The summed E-state index contributed by atoms with van der Waals surface area (Å²) in [7, 11) is 0. The number of nitrogens with two attached hydrogens (primary N) is 1. The summed E-state index contributed by atoms with van der Waals surface area (Å²) < 4.78 is 5.59. The van der Waals surface area contributed by atoms with Crippen LogP contribution in [0, 0.1) is 29.1 Å². The van der Waals surface area contributed by atoms with Crippen LogP contribution in [0.5, 0.6) is 0 Å². The number of nitrogens with one attached hydrogen (secondary N) is 3. The summed E-state index contributed by atoms with van der Waals surface area (Å²) >= 11 is 0. The first-order chi connectivity index (χ1) is 17.4. The normalized spacial score (nSPS) is 26.7. The van der Waals surface area contributed by atoms with E-state index in [0.717, 1.165) is 23.0 Å². The van der Waals surface area contributed by atoms with Crippen molar-refractivity contribution in [2.75, 3.05) is 6.61 Å². The molecule has 36 heavy (non-hydrogen) atoms. The minimum Gasteiger partial charge on any atom is -0.464 e. The molecule has 2 amide bonds. The zero-order chi connectivity index (χ0) is 25.1. The van der Waals surface area contributed by atoms with Crippen molar-refractivity contribution >= 4 is 17.8 Å². The van der Waals surface area contributed by atoms with Crippen LogP contribution in [0.25, 0.3) is 0 Å². The van der Waals surface area contributed by atoms with Crippen LogP contribution in [0.3, 0.4) is 0 Å². The highest BCUT2D eigenvalue weighted by molar-refractivity contribution is 5.95. The van der Waals surface area contributed by atoms with E-state index in [4.69, 9.17) is 15.9 Å². The van der Waals surface area contributed by atoms with Gasteiger partial charge in [0.1, 0.15) is 11.9 Å². The van der Waals surface area contributed by atoms with E-state index in [1.165, 1.54) is 32.1 Å². The molecule has 6 rings (SSSR count). The van der Waals surface area contributed by atoms with Crippen molar-refractivity contribution in [3.63, 3.8) is 0 Å². The molecular weight excluding hydrogens is 452 g/mol. The van der Waals surface area contributed by atoms with Gasteiger partial charge < -0.3 is 21.1 Å². The molecule has 4 bridgehead atoms. The molecule has 1 atom stereocenters. The average Bonchev–Trinajstić information content (AvgIpc) is 2.86. The van der Waals surface area contributed by atoms with Crippen molar-refractivity contribution in [3.8, 4) is 0 Å². The summed E-state index contributed by atoms with van der Waals surface area (Å²) in [6.45, 7) is 0.242. The van der Waals surface area contributed by atoms with Crippen LogP contribution in [-0.2, 0) is 22.4 Å². The summed E-state index contributed by atoms with van der Waals surface area (Å²) in [5.74, 6) is 2.26. The van der Waals surface area contributed by atoms with E-state index in [1.807, 2.05) is 36.4 Å². The first kappa shape index (κ1) is 24.3. The Hall–Kier alpha value is -3.35. The molecule has 0 spiro atoms. The van der Waals surface area contributed by atoms with Crippen molar-refractivity contribution in [1.82, 2.24) is 10.6 Å². The van der Waals surface area contributed by atoms with Crippen molar-refractivity contribution in [1.29, 1.82) is 5.41 Å². The zero-order valence-corrected chi connectivity index (χ0v) is 20.6. The third kappa shape index (κ3) is 5.72. The smallest absolute Gasteiger partial charge is 0.329 e. The molecule has 2 aromatic carbocycles. The molecule has 0 heterocycles. The lowest BCUT2D eigenvalue weighted by atomic mass is 9.54. The molecule has 0 aliphatic heterocycles. The van der Waals surface area contributed by atoms with E-state index >= 15 is 0 Å². The minimum atomic E-state index is -0.834. The van der Waals surface area contributed by atoms with Crippen LogP contribution < -0.4 is 16.4 Å². The molecule has 4 fully saturated rings. The van der Waals surface area contributed by atoms with Gasteiger partial charge in [0.25, 0.3) is 0 Å². The molecule has 7 heteroatoms. The van der Waals surface area contributed by atoms with Crippen LogP contribution in [0.15, 0.2) is 54.6 Å². The monoisotopic (exact) mass is 488 g/mol. The Morgan fingerprint density at radius 2 is 1.61 bits per heavy atom. The third-order valence-electron chi connectivity index (χ3n) is 8.27. The van der Waals surface area contributed by atoms with E-state index in [9.17, 15) is 9.59 Å². The summed E-state index contributed by atoms with van der Waals surface area (Å²) in [4.78, 5) is 26.2. The fourth-order valence-corrected chi connectivity index (χ4v) is 6.82. The van der Waals surface area contributed by atoms with Gasteiger partial charge in [-0.3, -0.25) is 5.41 Å². The number of nitrogen functional groups attached to an aromatic ring is 1. The molecule has 4 aliphatic carbocycles. The van der Waals surface area contributed by atoms with E-state index in [-0.39, 0.29) is 30.9 Å². The van der Waals surface area contributed by atoms with Crippen molar-refractivity contribution < 1.29 is 14.3 Å². The molecule has 7 nitrogen and oxygen atoms in total. The number of carbonyl (C=O) groups excluding carboxylic acids is 2. The lowest BCUT2D eigenvalue weighted by molar-refractivity contribution is -0.145. The minimum absolute atomic E-state index is 0.0357. The van der Waals surface area contributed by atoms with Crippen LogP contribution in [-0.4, -0.2) is 36.5 Å². The molecule has 2 aromatic rings. The van der Waals surface area contributed by atoms with Crippen molar-refractivity contribution in [2.24, 2.45) is 29.4 Å². The second kappa shape index (κ2) is 10.7. The number of benzene rings is 2. The van der Waals surface area contributed by atoms with Gasteiger partial charge in [-0.05, 0) is 73.0 Å². The Bertz CT molecular complexity index is 1070. The number of rotatable bonds is 9. The number of carbonyl (C=O) groups is 2. The Morgan fingerprint density at radius 1 is 0.944 bits per heavy atom. The topological polar surface area (TPSA) is 117 Å². The summed E-state index contributed by atoms with van der Waals surface area (Å²) in [6, 6.07) is 16.1. The summed E-state index contributed by atoms with van der Waals surface area (Å²) in [5, 5.41) is 13.9. The molecule has 1 unspecified atom stereocenters. The SMILES string of the molecule is N=C(N)c1cccc(CC(NC(=O)NC2C3CC4C[C@H](C3)C[C@@H]2C4)C(=O)OCCc2ccccc2)c1. The Kier molecular flexibility index (Phi) is 7.25. The van der Waals surface area contributed by atoms with Gasteiger partial charge in [-0.25, -0.2) is 9.59 Å². The Morgan fingerprint density at radius 3 is 2.28 bits per heavy atom. The maximum atomic E-state index is 13.1. The van der Waals surface area contributed by atoms with Gasteiger partial charge in [0, 0.05) is 24.4 Å². The molecule has 0 aromatic heterocycles. The number of hydrogen-bond acceptors (Lipinski definition) is 4. The zero-order valence-electron chi connectivity index (χ0n) is 20.6. The van der Waals surface area contributed by atoms with Gasteiger partial charge in [-0.2, -0.15) is 0 Å². The highest BCUT2D eigenvalue weighted by atomic mass is 16.5. The highest BCUT2D eigenvalue weighted by Gasteiger charge is 2.48. The molecular formula is C29H36N4O3. The first-order valence-corrected chi connectivity index (χ1v) is 13.2. The molecule has 4 saturated carbocycles. The van der Waals surface area contributed by atoms with Gasteiger partial charge >= 0.3 is 12.0 Å². The lowest BCUT2D eigenvalue weighted by Gasteiger charge is -2.54. The Labute approximate surface area is 212 Å². The second-order valence-corrected chi connectivity index (χ2v) is 10.8. The van der Waals surface area contributed by atoms with E-state index < -0.39 is 12.0 Å². The summed E-state index contributed by atoms with van der Waals surface area (Å²) in [5.41, 5.74) is 8.13. The second-order valence-electron chi connectivity index (χ2n) is 10.8. The molecule has 5 N–H and O–H groups in total. The molecule has 0 radical (unpaired) electrons. The number of amides is 2. The number of ether oxygens (including phenoxy) is 1.